The summed E-state index contributed by atoms with van der Waals surface area (Å²) in [7, 11) is 1.52. The molecule has 2 unspecified atom stereocenters. The molecule has 106 valence electrons. The van der Waals surface area contributed by atoms with Crippen LogP contribution in [0.4, 0.5) is 0 Å². The summed E-state index contributed by atoms with van der Waals surface area (Å²) in [4.78, 5) is 0. The Kier molecular flexibility index (Phi) is 4.91. The van der Waals surface area contributed by atoms with Gasteiger partial charge < -0.3 is 19.7 Å². The molecule has 0 heterocycles. The van der Waals surface area contributed by atoms with E-state index < -0.39 is 6.10 Å². The van der Waals surface area contributed by atoms with Gasteiger partial charge in [-0.3, -0.25) is 0 Å². The molecule has 2 atom stereocenters. The zero-order valence-electron chi connectivity index (χ0n) is 10.9. The number of benzene rings is 1. The van der Waals surface area contributed by atoms with E-state index >= 15 is 0 Å². The summed E-state index contributed by atoms with van der Waals surface area (Å²) < 4.78 is 11.1. The molecule has 1 aromatic carbocycles. The topological polar surface area (TPSA) is 58.9 Å². The van der Waals surface area contributed by atoms with Gasteiger partial charge in [-0.1, -0.05) is 18.0 Å². The van der Waals surface area contributed by atoms with Gasteiger partial charge in [-0.25, -0.2) is 0 Å². The normalized spacial score (nSPS) is 23.2. The SMILES string of the molecule is COc1cc(CO)cc(Cl)c1OC1CCCCC1O. The first-order chi connectivity index (χ1) is 9.15. The molecule has 1 saturated carbocycles. The Morgan fingerprint density at radius 3 is 2.68 bits per heavy atom. The Bertz CT molecular complexity index is 436. The fraction of sp³-hybridized carbons (Fsp3) is 0.571. The van der Waals surface area contributed by atoms with Crippen molar-refractivity contribution >= 4 is 11.6 Å². The van der Waals surface area contributed by atoms with Gasteiger partial charge in [0.1, 0.15) is 6.10 Å². The van der Waals surface area contributed by atoms with Crippen LogP contribution in [0.25, 0.3) is 0 Å². The number of rotatable bonds is 4. The standard InChI is InChI=1S/C14H19ClO4/c1-18-13-7-9(8-16)6-10(15)14(13)19-12-5-3-2-4-11(12)17/h6-7,11-12,16-17H,2-5,8H2,1H3. The van der Waals surface area contributed by atoms with E-state index in [-0.39, 0.29) is 12.7 Å². The van der Waals surface area contributed by atoms with Crippen molar-refractivity contribution in [3.63, 3.8) is 0 Å². The molecule has 1 aliphatic carbocycles. The van der Waals surface area contributed by atoms with Gasteiger partial charge in [-0.2, -0.15) is 0 Å². The highest BCUT2D eigenvalue weighted by atomic mass is 35.5. The van der Waals surface area contributed by atoms with E-state index in [2.05, 4.69) is 0 Å². The summed E-state index contributed by atoms with van der Waals surface area (Å²) in [6.45, 7) is -0.109. The first-order valence-corrected chi connectivity index (χ1v) is 6.85. The first-order valence-electron chi connectivity index (χ1n) is 6.47. The van der Waals surface area contributed by atoms with Crippen LogP contribution in [0.1, 0.15) is 31.2 Å². The van der Waals surface area contributed by atoms with Gasteiger partial charge >= 0.3 is 0 Å². The molecule has 19 heavy (non-hydrogen) atoms. The molecule has 2 rings (SSSR count). The second-order valence-electron chi connectivity index (χ2n) is 4.78. The summed E-state index contributed by atoms with van der Waals surface area (Å²) in [5.74, 6) is 0.918. The highest BCUT2D eigenvalue weighted by Gasteiger charge is 2.26. The van der Waals surface area contributed by atoms with E-state index in [0.717, 1.165) is 25.7 Å². The lowest BCUT2D eigenvalue weighted by molar-refractivity contribution is 0.00571. The number of hydrogen-bond acceptors (Lipinski definition) is 4. The van der Waals surface area contributed by atoms with Gasteiger partial charge in [0.25, 0.3) is 0 Å². The fourth-order valence-electron chi connectivity index (χ4n) is 2.35. The monoisotopic (exact) mass is 286 g/mol. The largest absolute Gasteiger partial charge is 0.493 e. The van der Waals surface area contributed by atoms with Gasteiger partial charge in [-0.05, 0) is 37.0 Å². The molecule has 1 aromatic rings. The van der Waals surface area contributed by atoms with Crippen LogP contribution in [0.3, 0.4) is 0 Å². The van der Waals surface area contributed by atoms with E-state index in [0.29, 0.717) is 22.1 Å². The quantitative estimate of drug-likeness (QED) is 0.893. The minimum atomic E-state index is -0.466. The Morgan fingerprint density at radius 2 is 2.05 bits per heavy atom. The van der Waals surface area contributed by atoms with Gasteiger partial charge in [0.15, 0.2) is 11.5 Å². The highest BCUT2D eigenvalue weighted by Crippen LogP contribution is 2.38. The fourth-order valence-corrected chi connectivity index (χ4v) is 2.62. The number of ether oxygens (including phenoxy) is 2. The molecule has 0 saturated heterocycles. The minimum Gasteiger partial charge on any atom is -0.493 e. The smallest absolute Gasteiger partial charge is 0.180 e. The molecule has 0 spiro atoms. The van der Waals surface area contributed by atoms with Crippen LogP contribution in [0.5, 0.6) is 11.5 Å². The minimum absolute atomic E-state index is 0.109. The van der Waals surface area contributed by atoms with Crippen LogP contribution in [-0.4, -0.2) is 29.5 Å². The lowest BCUT2D eigenvalue weighted by atomic mass is 9.95. The summed E-state index contributed by atoms with van der Waals surface area (Å²) in [6.07, 6.45) is 2.90. The van der Waals surface area contributed by atoms with Gasteiger partial charge in [-0.15, -0.1) is 0 Å². The first kappa shape index (κ1) is 14.4. The molecular weight excluding hydrogens is 268 g/mol. The van der Waals surface area contributed by atoms with Crippen molar-refractivity contribution in [2.75, 3.05) is 7.11 Å². The van der Waals surface area contributed by atoms with Crippen molar-refractivity contribution in [2.24, 2.45) is 0 Å². The van der Waals surface area contributed by atoms with Gasteiger partial charge in [0.2, 0.25) is 0 Å². The number of methoxy groups -OCH3 is 1. The van der Waals surface area contributed by atoms with Crippen LogP contribution in [0.15, 0.2) is 12.1 Å². The van der Waals surface area contributed by atoms with Crippen molar-refractivity contribution in [1.29, 1.82) is 0 Å². The predicted molar refractivity (Wildman–Crippen MR) is 72.8 cm³/mol. The maximum atomic E-state index is 9.94. The molecular formula is C14H19ClO4. The average Bonchev–Trinajstić information content (AvgIpc) is 2.42. The Morgan fingerprint density at radius 1 is 1.32 bits per heavy atom. The zero-order chi connectivity index (χ0) is 13.8. The van der Waals surface area contributed by atoms with Crippen molar-refractivity contribution in [3.05, 3.63) is 22.7 Å². The Balaban J connectivity index is 2.23. The van der Waals surface area contributed by atoms with Crippen LogP contribution >= 0.6 is 11.6 Å². The van der Waals surface area contributed by atoms with E-state index in [1.54, 1.807) is 12.1 Å². The third-order valence-corrected chi connectivity index (χ3v) is 3.69. The number of hydrogen-bond donors (Lipinski definition) is 2. The molecule has 0 bridgehead atoms. The Labute approximate surface area is 117 Å². The lowest BCUT2D eigenvalue weighted by Crippen LogP contribution is -2.34. The predicted octanol–water partition coefficient (Wildman–Crippen LogP) is 2.52. The van der Waals surface area contributed by atoms with Crippen LogP contribution < -0.4 is 9.47 Å². The van der Waals surface area contributed by atoms with E-state index in [1.165, 1.54) is 7.11 Å². The van der Waals surface area contributed by atoms with Crippen molar-refractivity contribution in [3.8, 4) is 11.5 Å². The van der Waals surface area contributed by atoms with Gasteiger partial charge in [0, 0.05) is 0 Å². The van der Waals surface area contributed by atoms with Gasteiger partial charge in [0.05, 0.1) is 24.8 Å². The van der Waals surface area contributed by atoms with E-state index in [4.69, 9.17) is 26.2 Å². The Hall–Kier alpha value is -0.970. The van der Waals surface area contributed by atoms with E-state index in [1.807, 2.05) is 0 Å². The van der Waals surface area contributed by atoms with Crippen molar-refractivity contribution in [2.45, 2.75) is 44.5 Å². The average molecular weight is 287 g/mol. The molecule has 0 radical (unpaired) electrons. The summed E-state index contributed by atoms with van der Waals surface area (Å²) in [5, 5.41) is 19.5. The molecule has 0 aromatic heterocycles. The second kappa shape index (κ2) is 6.46. The summed E-state index contributed by atoms with van der Waals surface area (Å²) in [6, 6.07) is 3.34. The molecule has 1 aliphatic rings. The molecule has 1 fully saturated rings. The summed E-state index contributed by atoms with van der Waals surface area (Å²) in [5.41, 5.74) is 0.665. The maximum absolute atomic E-state index is 9.94. The maximum Gasteiger partial charge on any atom is 0.180 e. The van der Waals surface area contributed by atoms with Crippen LogP contribution in [-0.2, 0) is 6.61 Å². The number of aliphatic hydroxyl groups excluding tert-OH is 2. The van der Waals surface area contributed by atoms with E-state index in [9.17, 15) is 5.11 Å². The van der Waals surface area contributed by atoms with Crippen molar-refractivity contribution in [1.82, 2.24) is 0 Å². The second-order valence-corrected chi connectivity index (χ2v) is 5.18. The highest BCUT2D eigenvalue weighted by molar-refractivity contribution is 6.32. The number of halogens is 1. The number of aliphatic hydroxyl groups is 2. The van der Waals surface area contributed by atoms with Crippen LogP contribution in [0.2, 0.25) is 5.02 Å². The summed E-state index contributed by atoms with van der Waals surface area (Å²) >= 11 is 6.16. The zero-order valence-corrected chi connectivity index (χ0v) is 11.7. The molecule has 2 N–H and O–H groups in total. The molecule has 0 aliphatic heterocycles. The third kappa shape index (κ3) is 3.32. The molecule has 0 amide bonds. The van der Waals surface area contributed by atoms with Crippen molar-refractivity contribution < 1.29 is 19.7 Å². The lowest BCUT2D eigenvalue weighted by Gasteiger charge is -2.29. The molecule has 4 nitrogen and oxygen atoms in total. The third-order valence-electron chi connectivity index (χ3n) is 3.41. The molecule has 5 heteroatoms. The van der Waals surface area contributed by atoms with Crippen LogP contribution in [0, 0.1) is 0 Å².